The molecule has 2 aliphatic heterocycles. The average molecular weight is 454 g/mol. The summed E-state index contributed by atoms with van der Waals surface area (Å²) < 4.78 is 26.7. The van der Waals surface area contributed by atoms with Crippen molar-refractivity contribution in [1.29, 1.82) is 0 Å². The van der Waals surface area contributed by atoms with Crippen LogP contribution in [0.5, 0.6) is 0 Å². The Morgan fingerprint density at radius 1 is 1.06 bits per heavy atom. The van der Waals surface area contributed by atoms with Crippen LogP contribution in [0.2, 0.25) is 0 Å². The number of sulfonamides is 1. The topological polar surface area (TPSA) is 104 Å². The van der Waals surface area contributed by atoms with E-state index in [4.69, 9.17) is 0 Å². The third-order valence-corrected chi connectivity index (χ3v) is 8.10. The standard InChI is InChI=1S/C23H23N3O5S/c1-14-5-4-6-18(22(28)25-11-2-3-12-25)20(14)24-21(27)15-7-10-17-19(13-15)32(30,31)26(23(17)29)16-8-9-16/h4-7,10,13,16H,2-3,8-9,11-12H2,1H3,(H,24,27). The van der Waals surface area contributed by atoms with Gasteiger partial charge in [0.05, 0.1) is 16.8 Å². The summed E-state index contributed by atoms with van der Waals surface area (Å²) in [5.41, 5.74) is 1.75. The maximum Gasteiger partial charge on any atom is 0.269 e. The Labute approximate surface area is 186 Å². The Balaban J connectivity index is 1.46. The number of rotatable bonds is 4. The van der Waals surface area contributed by atoms with E-state index in [0.717, 1.165) is 22.7 Å². The van der Waals surface area contributed by atoms with Crippen LogP contribution in [0.15, 0.2) is 41.3 Å². The molecule has 3 amide bonds. The fourth-order valence-corrected chi connectivity index (χ4v) is 6.19. The van der Waals surface area contributed by atoms with E-state index in [9.17, 15) is 22.8 Å². The van der Waals surface area contributed by atoms with Crippen molar-refractivity contribution in [3.05, 3.63) is 58.7 Å². The Hall–Kier alpha value is -3.20. The summed E-state index contributed by atoms with van der Waals surface area (Å²) in [5, 5.41) is 2.80. The third-order valence-electron chi connectivity index (χ3n) is 6.22. The van der Waals surface area contributed by atoms with Gasteiger partial charge in [-0.25, -0.2) is 12.7 Å². The molecule has 0 radical (unpaired) electrons. The molecule has 5 rings (SSSR count). The van der Waals surface area contributed by atoms with Crippen LogP contribution in [0.4, 0.5) is 5.69 Å². The van der Waals surface area contributed by atoms with Crippen molar-refractivity contribution >= 4 is 33.4 Å². The number of hydrogen-bond donors (Lipinski definition) is 1. The van der Waals surface area contributed by atoms with Crippen molar-refractivity contribution in [2.24, 2.45) is 0 Å². The maximum atomic E-state index is 13.1. The van der Waals surface area contributed by atoms with E-state index in [0.29, 0.717) is 37.2 Å². The second-order valence-corrected chi connectivity index (χ2v) is 10.3. The summed E-state index contributed by atoms with van der Waals surface area (Å²) in [6, 6.07) is 9.05. The number of nitrogens with one attached hydrogen (secondary N) is 1. The van der Waals surface area contributed by atoms with Crippen LogP contribution >= 0.6 is 0 Å². The zero-order valence-electron chi connectivity index (χ0n) is 17.6. The number of likely N-dealkylation sites (tertiary alicyclic amines) is 1. The number of carbonyl (C=O) groups excluding carboxylic acids is 3. The Bertz CT molecular complexity index is 1260. The first-order valence-corrected chi connectivity index (χ1v) is 12.2. The number of nitrogens with zero attached hydrogens (tertiary/aromatic N) is 2. The largest absolute Gasteiger partial charge is 0.339 e. The van der Waals surface area contributed by atoms with E-state index >= 15 is 0 Å². The lowest BCUT2D eigenvalue weighted by molar-refractivity contribution is 0.0792. The highest BCUT2D eigenvalue weighted by Crippen LogP contribution is 2.39. The summed E-state index contributed by atoms with van der Waals surface area (Å²) >= 11 is 0. The van der Waals surface area contributed by atoms with Gasteiger partial charge in [0, 0.05) is 24.7 Å². The second-order valence-electron chi connectivity index (χ2n) is 8.50. The van der Waals surface area contributed by atoms with Gasteiger partial charge in [0.1, 0.15) is 4.90 Å². The van der Waals surface area contributed by atoms with E-state index in [1.807, 2.05) is 0 Å². The highest BCUT2D eigenvalue weighted by Gasteiger charge is 2.48. The molecule has 2 aromatic rings. The number of fused-ring (bicyclic) bond motifs is 1. The SMILES string of the molecule is Cc1cccc(C(=O)N2CCCC2)c1NC(=O)c1ccc2c(c1)S(=O)(=O)N(C1CC1)C2=O. The lowest BCUT2D eigenvalue weighted by Crippen LogP contribution is -2.32. The highest BCUT2D eigenvalue weighted by molar-refractivity contribution is 7.90. The molecule has 0 atom stereocenters. The molecular formula is C23H23N3O5S. The Kier molecular flexibility index (Phi) is 4.81. The number of carbonyl (C=O) groups is 3. The first kappa shape index (κ1) is 20.7. The molecule has 8 nitrogen and oxygen atoms in total. The predicted octanol–water partition coefficient (Wildman–Crippen LogP) is 2.79. The molecule has 9 heteroatoms. The predicted molar refractivity (Wildman–Crippen MR) is 117 cm³/mol. The lowest BCUT2D eigenvalue weighted by Gasteiger charge is -2.19. The Morgan fingerprint density at radius 3 is 2.47 bits per heavy atom. The van der Waals surface area contributed by atoms with Crippen molar-refractivity contribution in [2.75, 3.05) is 18.4 Å². The van der Waals surface area contributed by atoms with Gasteiger partial charge in [0.15, 0.2) is 0 Å². The normalized spacial score (nSPS) is 19.2. The van der Waals surface area contributed by atoms with Gasteiger partial charge >= 0.3 is 0 Å². The van der Waals surface area contributed by atoms with Crippen molar-refractivity contribution < 1.29 is 22.8 Å². The quantitative estimate of drug-likeness (QED) is 0.767. The molecule has 0 unspecified atom stereocenters. The molecule has 3 aliphatic rings. The van der Waals surface area contributed by atoms with Crippen LogP contribution in [0.1, 0.15) is 62.3 Å². The molecule has 1 aliphatic carbocycles. The number of para-hydroxylation sites is 1. The maximum absolute atomic E-state index is 13.1. The number of anilines is 1. The van der Waals surface area contributed by atoms with Crippen molar-refractivity contribution in [3.8, 4) is 0 Å². The summed E-state index contributed by atoms with van der Waals surface area (Å²) in [6.45, 7) is 3.18. The van der Waals surface area contributed by atoms with E-state index in [1.165, 1.54) is 18.2 Å². The molecule has 0 bridgehead atoms. The number of benzene rings is 2. The first-order valence-electron chi connectivity index (χ1n) is 10.7. The van der Waals surface area contributed by atoms with E-state index in [1.54, 1.807) is 30.0 Å². The van der Waals surface area contributed by atoms with Crippen LogP contribution in [-0.4, -0.2) is 54.5 Å². The number of hydrogen-bond acceptors (Lipinski definition) is 5. The van der Waals surface area contributed by atoms with Gasteiger partial charge in [-0.15, -0.1) is 0 Å². The van der Waals surface area contributed by atoms with Gasteiger partial charge in [0.2, 0.25) is 0 Å². The molecule has 1 N–H and O–H groups in total. The molecule has 1 saturated heterocycles. The minimum absolute atomic E-state index is 0.0919. The smallest absolute Gasteiger partial charge is 0.269 e. The van der Waals surface area contributed by atoms with Gasteiger partial charge in [-0.3, -0.25) is 14.4 Å². The van der Waals surface area contributed by atoms with Crippen LogP contribution in [0.3, 0.4) is 0 Å². The molecule has 1 saturated carbocycles. The molecule has 166 valence electrons. The molecule has 2 heterocycles. The van der Waals surface area contributed by atoms with Gasteiger partial charge in [0.25, 0.3) is 27.7 Å². The summed E-state index contributed by atoms with van der Waals surface area (Å²) in [4.78, 5) is 40.2. The van der Waals surface area contributed by atoms with Gasteiger partial charge < -0.3 is 10.2 Å². The minimum Gasteiger partial charge on any atom is -0.339 e. The first-order chi connectivity index (χ1) is 15.3. The van der Waals surface area contributed by atoms with Crippen molar-refractivity contribution in [1.82, 2.24) is 9.21 Å². The molecule has 0 spiro atoms. The number of aryl methyl sites for hydroxylation is 1. The van der Waals surface area contributed by atoms with E-state index in [2.05, 4.69) is 5.32 Å². The lowest BCUT2D eigenvalue weighted by atomic mass is 10.1. The molecule has 32 heavy (non-hydrogen) atoms. The molecule has 0 aromatic heterocycles. The summed E-state index contributed by atoms with van der Waals surface area (Å²) in [7, 11) is -3.96. The zero-order valence-corrected chi connectivity index (χ0v) is 18.4. The van der Waals surface area contributed by atoms with Crippen LogP contribution < -0.4 is 5.32 Å². The van der Waals surface area contributed by atoms with Gasteiger partial charge in [-0.05, 0) is 62.4 Å². The summed E-state index contributed by atoms with van der Waals surface area (Å²) in [5.74, 6) is -1.21. The monoisotopic (exact) mass is 453 g/mol. The molecule has 2 aromatic carbocycles. The van der Waals surface area contributed by atoms with Crippen LogP contribution in [-0.2, 0) is 10.0 Å². The van der Waals surface area contributed by atoms with Crippen molar-refractivity contribution in [2.45, 2.75) is 43.5 Å². The van der Waals surface area contributed by atoms with Crippen molar-refractivity contribution in [3.63, 3.8) is 0 Å². The summed E-state index contributed by atoms with van der Waals surface area (Å²) in [6.07, 6.45) is 3.24. The molecular weight excluding hydrogens is 430 g/mol. The van der Waals surface area contributed by atoms with Gasteiger partial charge in [-0.1, -0.05) is 12.1 Å². The second kappa shape index (κ2) is 7.44. The average Bonchev–Trinajstić information content (AvgIpc) is 3.38. The Morgan fingerprint density at radius 2 is 1.78 bits per heavy atom. The minimum atomic E-state index is -3.96. The molecule has 2 fully saturated rings. The fraction of sp³-hybridized carbons (Fsp3) is 0.348. The third kappa shape index (κ3) is 3.28. The van der Waals surface area contributed by atoms with Gasteiger partial charge in [-0.2, -0.15) is 0 Å². The fourth-order valence-electron chi connectivity index (χ4n) is 4.35. The number of amides is 3. The van der Waals surface area contributed by atoms with E-state index < -0.39 is 21.8 Å². The van der Waals surface area contributed by atoms with Crippen LogP contribution in [0.25, 0.3) is 0 Å². The van der Waals surface area contributed by atoms with E-state index in [-0.39, 0.29) is 28.0 Å². The highest BCUT2D eigenvalue weighted by atomic mass is 32.2. The van der Waals surface area contributed by atoms with Crippen LogP contribution in [0, 0.1) is 6.92 Å². The zero-order chi connectivity index (χ0) is 22.6.